The topological polar surface area (TPSA) is 70.7 Å². The Balaban J connectivity index is 1.90. The van der Waals surface area contributed by atoms with Gasteiger partial charge in [0.15, 0.2) is 0 Å². The Hall–Kier alpha value is -1.34. The van der Waals surface area contributed by atoms with Crippen LogP contribution in [0.5, 0.6) is 0 Å². The molecule has 0 saturated carbocycles. The van der Waals surface area contributed by atoms with Crippen LogP contribution in [-0.2, 0) is 4.79 Å². The highest BCUT2D eigenvalue weighted by molar-refractivity contribution is 8.13. The fraction of sp³-hybridized carbons (Fsp3) is 0.545. The molecule has 1 amide bonds. The standard InChI is InChI=1S/C11H14N4O2S/c1-12-8-9-7(14-6-18-9)2-4-15(10(8)16)11-13-3-5-17-11/h3,5-9,12H,2,4H2,1H3. The number of thioether (sulfide) groups is 1. The van der Waals surface area contributed by atoms with Crippen LogP contribution in [0.4, 0.5) is 6.01 Å². The SMILES string of the molecule is CNC1C(=O)N(c2ncco2)CCC2N=CSC21. The van der Waals surface area contributed by atoms with Crippen LogP contribution in [-0.4, -0.2) is 47.4 Å². The van der Waals surface area contributed by atoms with Crippen molar-refractivity contribution in [2.75, 3.05) is 18.5 Å². The molecule has 0 spiro atoms. The number of amides is 1. The van der Waals surface area contributed by atoms with E-state index in [4.69, 9.17) is 4.42 Å². The third-order valence-corrected chi connectivity index (χ3v) is 4.46. The van der Waals surface area contributed by atoms with Gasteiger partial charge in [-0.2, -0.15) is 0 Å². The molecule has 3 heterocycles. The summed E-state index contributed by atoms with van der Waals surface area (Å²) >= 11 is 1.62. The predicted molar refractivity (Wildman–Crippen MR) is 70.0 cm³/mol. The van der Waals surface area contributed by atoms with Crippen molar-refractivity contribution in [1.29, 1.82) is 0 Å². The molecule has 3 rings (SSSR count). The van der Waals surface area contributed by atoms with E-state index in [1.807, 2.05) is 5.55 Å². The second-order valence-electron chi connectivity index (χ2n) is 4.28. The number of aliphatic imine (C=N–C) groups is 1. The molecule has 1 aromatic rings. The first kappa shape index (κ1) is 11.7. The number of nitrogens with zero attached hydrogens (tertiary/aromatic N) is 3. The van der Waals surface area contributed by atoms with Gasteiger partial charge in [-0.05, 0) is 13.5 Å². The molecule has 0 aliphatic carbocycles. The van der Waals surface area contributed by atoms with Crippen LogP contribution in [0, 0.1) is 0 Å². The fourth-order valence-corrected chi connectivity index (χ4v) is 3.57. The Bertz CT molecular complexity index is 462. The lowest BCUT2D eigenvalue weighted by Crippen LogP contribution is -2.50. The number of anilines is 1. The number of hydrogen-bond donors (Lipinski definition) is 1. The van der Waals surface area contributed by atoms with Gasteiger partial charge in [0.2, 0.25) is 5.91 Å². The van der Waals surface area contributed by atoms with Crippen LogP contribution in [0.25, 0.3) is 0 Å². The van der Waals surface area contributed by atoms with Crippen molar-refractivity contribution >= 4 is 29.2 Å². The van der Waals surface area contributed by atoms with E-state index in [1.54, 1.807) is 29.9 Å². The molecule has 2 aliphatic rings. The molecule has 1 aromatic heterocycles. The molecule has 6 nitrogen and oxygen atoms in total. The molecule has 1 saturated heterocycles. The highest BCUT2D eigenvalue weighted by atomic mass is 32.2. The van der Waals surface area contributed by atoms with Crippen molar-refractivity contribution in [3.05, 3.63) is 12.5 Å². The fourth-order valence-electron chi connectivity index (χ4n) is 2.41. The Morgan fingerprint density at radius 3 is 3.22 bits per heavy atom. The first-order valence-corrected chi connectivity index (χ1v) is 6.81. The zero-order valence-electron chi connectivity index (χ0n) is 9.94. The van der Waals surface area contributed by atoms with Crippen molar-refractivity contribution in [2.45, 2.75) is 23.8 Å². The lowest BCUT2D eigenvalue weighted by atomic mass is 10.1. The molecule has 1 N–H and O–H groups in total. The van der Waals surface area contributed by atoms with Crippen LogP contribution in [0.2, 0.25) is 0 Å². The summed E-state index contributed by atoms with van der Waals surface area (Å²) in [5, 5.41) is 3.26. The molecule has 3 unspecified atom stereocenters. The second-order valence-corrected chi connectivity index (χ2v) is 5.31. The van der Waals surface area contributed by atoms with Crippen LogP contribution >= 0.6 is 11.8 Å². The largest absolute Gasteiger partial charge is 0.432 e. The van der Waals surface area contributed by atoms with Crippen LogP contribution < -0.4 is 10.2 Å². The van der Waals surface area contributed by atoms with Gasteiger partial charge in [0.05, 0.1) is 23.0 Å². The smallest absolute Gasteiger partial charge is 0.304 e. The molecule has 3 atom stereocenters. The number of carbonyl (C=O) groups is 1. The minimum Gasteiger partial charge on any atom is -0.432 e. The summed E-state index contributed by atoms with van der Waals surface area (Å²) in [6.07, 6.45) is 3.87. The van der Waals surface area contributed by atoms with Crippen molar-refractivity contribution in [1.82, 2.24) is 10.3 Å². The zero-order chi connectivity index (χ0) is 12.5. The minimum atomic E-state index is -0.253. The lowest BCUT2D eigenvalue weighted by Gasteiger charge is -2.24. The van der Waals surface area contributed by atoms with Gasteiger partial charge < -0.3 is 9.73 Å². The molecule has 7 heteroatoms. The van der Waals surface area contributed by atoms with Crippen LogP contribution in [0.15, 0.2) is 21.9 Å². The number of carbonyl (C=O) groups excluding carboxylic acids is 1. The highest BCUT2D eigenvalue weighted by Gasteiger charge is 2.42. The van der Waals surface area contributed by atoms with E-state index < -0.39 is 0 Å². The number of likely N-dealkylation sites (N-methyl/N-ethyl adjacent to an activating group) is 1. The number of fused-ring (bicyclic) bond motifs is 1. The summed E-state index contributed by atoms with van der Waals surface area (Å²) < 4.78 is 5.23. The first-order chi connectivity index (χ1) is 8.81. The molecule has 1 fully saturated rings. The summed E-state index contributed by atoms with van der Waals surface area (Å²) in [6, 6.07) is 0.308. The van der Waals surface area contributed by atoms with Gasteiger partial charge in [0.25, 0.3) is 0 Å². The Kier molecular flexibility index (Phi) is 3.09. The summed E-state index contributed by atoms with van der Waals surface area (Å²) in [4.78, 5) is 22.6. The third-order valence-electron chi connectivity index (χ3n) is 3.32. The van der Waals surface area contributed by atoms with Crippen molar-refractivity contribution < 1.29 is 9.21 Å². The van der Waals surface area contributed by atoms with E-state index in [2.05, 4.69) is 15.3 Å². The van der Waals surface area contributed by atoms with Gasteiger partial charge in [0, 0.05) is 6.54 Å². The molecular formula is C11H14N4O2S. The van der Waals surface area contributed by atoms with E-state index in [1.165, 1.54) is 6.26 Å². The highest BCUT2D eigenvalue weighted by Crippen LogP contribution is 2.31. The quantitative estimate of drug-likeness (QED) is 0.844. The molecule has 0 aromatic carbocycles. The van der Waals surface area contributed by atoms with Gasteiger partial charge in [-0.25, -0.2) is 4.98 Å². The zero-order valence-corrected chi connectivity index (χ0v) is 10.8. The van der Waals surface area contributed by atoms with E-state index in [9.17, 15) is 4.79 Å². The second kappa shape index (κ2) is 4.74. The van der Waals surface area contributed by atoms with Crippen LogP contribution in [0.3, 0.4) is 0 Å². The number of rotatable bonds is 2. The predicted octanol–water partition coefficient (Wildman–Crippen LogP) is 0.512. The summed E-state index contributed by atoms with van der Waals surface area (Å²) in [5.41, 5.74) is 1.85. The van der Waals surface area contributed by atoms with Crippen LogP contribution in [0.1, 0.15) is 6.42 Å². The maximum Gasteiger partial charge on any atom is 0.304 e. The maximum atomic E-state index is 12.5. The summed E-state index contributed by atoms with van der Waals surface area (Å²) in [7, 11) is 1.80. The summed E-state index contributed by atoms with van der Waals surface area (Å²) in [5.74, 6) is 0.00505. The lowest BCUT2D eigenvalue weighted by molar-refractivity contribution is -0.120. The number of oxazole rings is 1. The van der Waals surface area contributed by atoms with Crippen molar-refractivity contribution in [3.8, 4) is 0 Å². The number of hydrogen-bond acceptors (Lipinski definition) is 6. The molecule has 18 heavy (non-hydrogen) atoms. The van der Waals surface area contributed by atoms with Gasteiger partial charge in [-0.3, -0.25) is 14.7 Å². The van der Waals surface area contributed by atoms with Crippen molar-refractivity contribution in [3.63, 3.8) is 0 Å². The third kappa shape index (κ3) is 1.83. The molecule has 0 radical (unpaired) electrons. The molecular weight excluding hydrogens is 252 g/mol. The maximum absolute atomic E-state index is 12.5. The average molecular weight is 266 g/mol. The van der Waals surface area contributed by atoms with E-state index in [0.717, 1.165) is 6.42 Å². The number of aromatic nitrogens is 1. The van der Waals surface area contributed by atoms with E-state index >= 15 is 0 Å². The molecule has 2 aliphatic heterocycles. The minimum absolute atomic E-state index is 0.00505. The average Bonchev–Trinajstić information content (AvgIpc) is 3.01. The summed E-state index contributed by atoms with van der Waals surface area (Å²) in [6.45, 7) is 0.594. The normalized spacial score (nSPS) is 31.5. The monoisotopic (exact) mass is 266 g/mol. The first-order valence-electron chi connectivity index (χ1n) is 5.86. The number of nitrogens with one attached hydrogen (secondary N) is 1. The van der Waals surface area contributed by atoms with E-state index in [0.29, 0.717) is 12.6 Å². The molecule has 96 valence electrons. The molecule has 0 bridgehead atoms. The van der Waals surface area contributed by atoms with Gasteiger partial charge in [-0.1, -0.05) is 0 Å². The Morgan fingerprint density at radius 2 is 2.50 bits per heavy atom. The van der Waals surface area contributed by atoms with Gasteiger partial charge >= 0.3 is 6.01 Å². The Morgan fingerprint density at radius 1 is 1.61 bits per heavy atom. The van der Waals surface area contributed by atoms with Gasteiger partial charge in [-0.15, -0.1) is 11.8 Å². The van der Waals surface area contributed by atoms with Gasteiger partial charge in [0.1, 0.15) is 12.3 Å². The van der Waals surface area contributed by atoms with E-state index in [-0.39, 0.29) is 23.2 Å². The van der Waals surface area contributed by atoms with Crippen molar-refractivity contribution in [2.24, 2.45) is 4.99 Å². The Labute approximate surface area is 109 Å².